The number of allylic oxidation sites excluding steroid dienone is 22. The molecule has 1 unspecified atom stereocenters. The maximum absolute atomic E-state index is 12.9. The molecule has 6 heteroatoms. The third-order valence-corrected chi connectivity index (χ3v) is 12.9. The Morgan fingerprint density at radius 3 is 0.816 bits per heavy atom. The van der Waals surface area contributed by atoms with Crippen molar-refractivity contribution in [3.8, 4) is 0 Å². The molecule has 76 heavy (non-hydrogen) atoms. The molecule has 0 saturated heterocycles. The minimum absolute atomic E-state index is 0.0975. The second-order valence-electron chi connectivity index (χ2n) is 20.2. The molecule has 0 aromatic heterocycles. The lowest BCUT2D eigenvalue weighted by Crippen LogP contribution is -2.30. The van der Waals surface area contributed by atoms with Crippen molar-refractivity contribution >= 4 is 17.9 Å². The molecule has 0 aliphatic carbocycles. The summed E-state index contributed by atoms with van der Waals surface area (Å²) in [5.74, 6) is -0.935. The smallest absolute Gasteiger partial charge is 0.306 e. The average Bonchev–Trinajstić information content (AvgIpc) is 3.42. The van der Waals surface area contributed by atoms with E-state index in [-0.39, 0.29) is 31.1 Å². The van der Waals surface area contributed by atoms with Crippen LogP contribution in [-0.4, -0.2) is 37.2 Å². The summed E-state index contributed by atoms with van der Waals surface area (Å²) in [6.07, 6.45) is 88.7. The molecule has 0 heterocycles. The van der Waals surface area contributed by atoms with Gasteiger partial charge in [-0.3, -0.25) is 14.4 Å². The number of hydrogen-bond acceptors (Lipinski definition) is 6. The summed E-state index contributed by atoms with van der Waals surface area (Å²) in [7, 11) is 0. The van der Waals surface area contributed by atoms with Crippen molar-refractivity contribution in [3.63, 3.8) is 0 Å². The second-order valence-corrected chi connectivity index (χ2v) is 20.2. The van der Waals surface area contributed by atoms with Gasteiger partial charge in [0.2, 0.25) is 0 Å². The van der Waals surface area contributed by atoms with Crippen LogP contribution < -0.4 is 0 Å². The zero-order valence-corrected chi connectivity index (χ0v) is 49.2. The van der Waals surface area contributed by atoms with E-state index in [9.17, 15) is 14.4 Å². The highest BCUT2D eigenvalue weighted by molar-refractivity contribution is 5.71. The SMILES string of the molecule is CC/C=C\C/C=C\C/C=C\C/C=C\C/C=C\CCCCCCCCCC(=O)OCC(COC(=O)CCCCCCC/C=C\CCCCCCC)OC(=O)CCCCCCC/C=C\C/C=C\C/C=C\C/C=C\C/C=C\CC. The van der Waals surface area contributed by atoms with Crippen LogP contribution in [0.5, 0.6) is 0 Å². The molecule has 0 aliphatic heterocycles. The van der Waals surface area contributed by atoms with Crippen LogP contribution in [-0.2, 0) is 28.6 Å². The first kappa shape index (κ1) is 71.5. The summed E-state index contributed by atoms with van der Waals surface area (Å²) in [5.41, 5.74) is 0. The standard InChI is InChI=1S/C70H114O6/c1-4-7-10-13-16-19-22-25-28-30-32-34-35-37-38-40-42-45-48-51-54-57-60-63-69(72)75-66-67(65-74-68(71)62-59-56-53-50-47-44-27-24-21-18-15-12-9-6-3)76-70(73)64-61-58-55-52-49-46-43-41-39-36-33-31-29-26-23-20-17-14-11-8-5-2/h7-8,10-11,16-17,19-20,24-29,32-34,36-38,41,43,67H,4-6,9,12-15,18,21-23,30-31,35,39-40,42,44-66H2,1-3H3/b10-7-,11-8-,19-16-,20-17-,27-24-,28-25-,29-26-,34-32-,36-33-,38-37-,43-41-. The van der Waals surface area contributed by atoms with E-state index in [1.54, 1.807) is 0 Å². The third kappa shape index (κ3) is 60.4. The van der Waals surface area contributed by atoms with Gasteiger partial charge < -0.3 is 14.2 Å². The summed E-state index contributed by atoms with van der Waals surface area (Å²) < 4.78 is 16.9. The predicted octanol–water partition coefficient (Wildman–Crippen LogP) is 21.4. The normalized spacial score (nSPS) is 13.0. The van der Waals surface area contributed by atoms with Gasteiger partial charge in [-0.1, -0.05) is 251 Å². The minimum Gasteiger partial charge on any atom is -0.462 e. The lowest BCUT2D eigenvalue weighted by Gasteiger charge is -2.18. The zero-order valence-electron chi connectivity index (χ0n) is 49.2. The largest absolute Gasteiger partial charge is 0.462 e. The Kier molecular flexibility index (Phi) is 59.4. The molecule has 0 N–H and O–H groups in total. The molecule has 0 aliphatic rings. The van der Waals surface area contributed by atoms with E-state index >= 15 is 0 Å². The molecule has 0 aromatic rings. The van der Waals surface area contributed by atoms with Gasteiger partial charge in [0.1, 0.15) is 13.2 Å². The molecule has 6 nitrogen and oxygen atoms in total. The highest BCUT2D eigenvalue weighted by Gasteiger charge is 2.19. The van der Waals surface area contributed by atoms with Crippen LogP contribution in [0, 0.1) is 0 Å². The van der Waals surface area contributed by atoms with Crippen LogP contribution >= 0.6 is 0 Å². The van der Waals surface area contributed by atoms with Crippen LogP contribution in [0.3, 0.4) is 0 Å². The Balaban J connectivity index is 4.45. The predicted molar refractivity (Wildman–Crippen MR) is 329 cm³/mol. The first-order chi connectivity index (χ1) is 37.5. The maximum atomic E-state index is 12.9. The van der Waals surface area contributed by atoms with Gasteiger partial charge in [0.15, 0.2) is 6.10 Å². The van der Waals surface area contributed by atoms with Gasteiger partial charge in [0, 0.05) is 19.3 Å². The number of esters is 3. The lowest BCUT2D eigenvalue weighted by atomic mass is 10.1. The quantitative estimate of drug-likeness (QED) is 0.0261. The Labute approximate surface area is 468 Å². The van der Waals surface area contributed by atoms with Gasteiger partial charge in [-0.25, -0.2) is 0 Å². The van der Waals surface area contributed by atoms with Gasteiger partial charge in [0.25, 0.3) is 0 Å². The molecule has 0 fully saturated rings. The van der Waals surface area contributed by atoms with E-state index < -0.39 is 6.10 Å². The van der Waals surface area contributed by atoms with Gasteiger partial charge >= 0.3 is 17.9 Å². The fourth-order valence-corrected chi connectivity index (χ4v) is 8.25. The molecule has 430 valence electrons. The highest BCUT2D eigenvalue weighted by Crippen LogP contribution is 2.14. The number of rotatable bonds is 55. The fraction of sp³-hybridized carbons (Fsp3) is 0.643. The van der Waals surface area contributed by atoms with Crippen molar-refractivity contribution in [2.45, 2.75) is 277 Å². The molecule has 0 saturated carbocycles. The van der Waals surface area contributed by atoms with E-state index in [0.29, 0.717) is 19.3 Å². The van der Waals surface area contributed by atoms with Gasteiger partial charge in [0.05, 0.1) is 0 Å². The number of ether oxygens (including phenoxy) is 3. The fourth-order valence-electron chi connectivity index (χ4n) is 8.25. The van der Waals surface area contributed by atoms with E-state index in [1.807, 2.05) is 0 Å². The molecule has 0 bridgehead atoms. The van der Waals surface area contributed by atoms with Crippen LogP contribution in [0.25, 0.3) is 0 Å². The first-order valence-electron chi connectivity index (χ1n) is 31.2. The van der Waals surface area contributed by atoms with Gasteiger partial charge in [-0.05, 0) is 135 Å². The van der Waals surface area contributed by atoms with Crippen molar-refractivity contribution in [2.24, 2.45) is 0 Å². The minimum atomic E-state index is -0.803. The van der Waals surface area contributed by atoms with Crippen molar-refractivity contribution in [1.82, 2.24) is 0 Å². The van der Waals surface area contributed by atoms with Crippen LogP contribution in [0.1, 0.15) is 271 Å². The van der Waals surface area contributed by atoms with E-state index in [0.717, 1.165) is 161 Å². The van der Waals surface area contributed by atoms with Gasteiger partial charge in [-0.15, -0.1) is 0 Å². The number of hydrogen-bond donors (Lipinski definition) is 0. The molecule has 1 atom stereocenters. The third-order valence-electron chi connectivity index (χ3n) is 12.9. The second kappa shape index (κ2) is 63.1. The Morgan fingerprint density at radius 2 is 0.513 bits per heavy atom. The number of unbranched alkanes of at least 4 members (excludes halogenated alkanes) is 22. The molecule has 0 rings (SSSR count). The van der Waals surface area contributed by atoms with Crippen LogP contribution in [0.4, 0.5) is 0 Å². The van der Waals surface area contributed by atoms with Crippen molar-refractivity contribution in [2.75, 3.05) is 13.2 Å². The Bertz CT molecular complexity index is 1630. The Hall–Kier alpha value is -4.45. The Morgan fingerprint density at radius 1 is 0.276 bits per heavy atom. The molecule has 0 spiro atoms. The summed E-state index contributed by atoms with van der Waals surface area (Å²) in [5, 5.41) is 0. The summed E-state index contributed by atoms with van der Waals surface area (Å²) in [6.45, 7) is 6.38. The van der Waals surface area contributed by atoms with Crippen molar-refractivity contribution in [1.29, 1.82) is 0 Å². The van der Waals surface area contributed by atoms with Crippen molar-refractivity contribution in [3.05, 3.63) is 134 Å². The number of carbonyl (C=O) groups is 3. The monoisotopic (exact) mass is 1050 g/mol. The van der Waals surface area contributed by atoms with Crippen LogP contribution in [0.2, 0.25) is 0 Å². The van der Waals surface area contributed by atoms with E-state index in [2.05, 4.69) is 154 Å². The highest BCUT2D eigenvalue weighted by atomic mass is 16.6. The molecular formula is C70H114O6. The van der Waals surface area contributed by atoms with Crippen LogP contribution in [0.15, 0.2) is 134 Å². The number of carbonyl (C=O) groups excluding carboxylic acids is 3. The topological polar surface area (TPSA) is 78.9 Å². The first-order valence-corrected chi connectivity index (χ1v) is 31.2. The summed E-state index contributed by atoms with van der Waals surface area (Å²) in [4.78, 5) is 38.3. The average molecular weight is 1050 g/mol. The zero-order chi connectivity index (χ0) is 55.0. The molecular weight excluding hydrogens is 937 g/mol. The molecule has 0 aromatic carbocycles. The van der Waals surface area contributed by atoms with E-state index in [1.165, 1.54) is 70.6 Å². The summed E-state index contributed by atoms with van der Waals surface area (Å²) in [6, 6.07) is 0. The molecule has 0 radical (unpaired) electrons. The molecule has 0 amide bonds. The van der Waals surface area contributed by atoms with E-state index in [4.69, 9.17) is 14.2 Å². The summed E-state index contributed by atoms with van der Waals surface area (Å²) >= 11 is 0. The lowest BCUT2D eigenvalue weighted by molar-refractivity contribution is -0.167. The van der Waals surface area contributed by atoms with Gasteiger partial charge in [-0.2, -0.15) is 0 Å². The van der Waals surface area contributed by atoms with Crippen molar-refractivity contribution < 1.29 is 28.6 Å². The maximum Gasteiger partial charge on any atom is 0.306 e.